The highest BCUT2D eigenvalue weighted by atomic mass is 33.1. The van der Waals surface area contributed by atoms with Gasteiger partial charge in [0.1, 0.15) is 66.5 Å². The van der Waals surface area contributed by atoms with Crippen molar-refractivity contribution in [2.75, 3.05) is 57.4 Å². The Kier molecular flexibility index (Phi) is 36.3. The second-order valence-electron chi connectivity index (χ2n) is 22.0. The molecule has 2 heterocycles. The number of carbonyl (C=O) groups excluding carboxylic acids is 11. The van der Waals surface area contributed by atoms with Gasteiger partial charge in [0, 0.05) is 37.7 Å². The van der Waals surface area contributed by atoms with Crippen LogP contribution >= 0.6 is 21.6 Å². The van der Waals surface area contributed by atoms with Crippen molar-refractivity contribution >= 4 is 116 Å². The average molecular weight is 1360 g/mol. The van der Waals surface area contributed by atoms with Gasteiger partial charge in [-0.2, -0.15) is 0 Å². The maximum atomic E-state index is 14.9. The summed E-state index contributed by atoms with van der Waals surface area (Å²) in [6.45, 7) is 3.46. The summed E-state index contributed by atoms with van der Waals surface area (Å²) in [6, 6.07) is -17.4. The monoisotopic (exact) mass is 1360 g/mol. The number of amides is 11. The molecule has 2 aliphatic heterocycles. The summed E-state index contributed by atoms with van der Waals surface area (Å²) in [5.74, 6) is -17.5. The molecule has 0 aromatic carbocycles. The predicted molar refractivity (Wildman–Crippen MR) is 341 cm³/mol. The van der Waals surface area contributed by atoms with Crippen molar-refractivity contribution in [3.63, 3.8) is 0 Å². The Morgan fingerprint density at radius 3 is 1.63 bits per heavy atom. The van der Waals surface area contributed by atoms with Crippen LogP contribution < -0.4 is 93.3 Å². The standard InChI is InChI=1S/C53H93N21O17S2/c1-5-25(3)38-47(87)68-31(19-37(78)79)44(84)66-29(12-8-16-62-52(57)58)43(83)73-39(26(4)6-2)48(88)71-34(49(89)74-18-10-14-35(74)46(86)67-30(50(90)91)13-9-17-63-53(59)60)24-93-92-23-33(70-45(85)32(22-76)69-40(80)27(54)21-75)41(81)64-20-36(77)65-28(42(82)72-38)11-7-15-61-51(55)56/h25-35,38-39,75-76H,5-24,54H2,1-4H3,(H,64,81)(H,65,77)(H,66,84)(H,67,86)(H,68,87)(H,69,80)(H,70,85)(H,71,88)(H,72,82)(H,73,83)(H,78,79)(H,90,91)(H4,55,56,61)(H4,57,58,62)(H4,59,60,63)/t25-,26-,27-,28-,29-,30-,31?,32-,33-,34-,35-,38-,39?/m0/s1. The van der Waals surface area contributed by atoms with Crippen molar-refractivity contribution in [1.82, 2.24) is 58.1 Å². The van der Waals surface area contributed by atoms with E-state index in [1.165, 1.54) is 0 Å². The van der Waals surface area contributed by atoms with Gasteiger partial charge < -0.3 is 119 Å². The molecule has 2 rings (SSSR count). The molecule has 40 heteroatoms. The first-order chi connectivity index (χ1) is 43.9. The van der Waals surface area contributed by atoms with Crippen LogP contribution in [0.1, 0.15) is 98.3 Å². The molecule has 0 saturated carbocycles. The molecule has 2 fully saturated rings. The molecule has 28 N–H and O–H groups in total. The molecular weight excluding hydrogens is 1270 g/mol. The summed E-state index contributed by atoms with van der Waals surface area (Å²) >= 11 is 0. The second-order valence-corrected chi connectivity index (χ2v) is 24.5. The highest BCUT2D eigenvalue weighted by molar-refractivity contribution is 8.76. The summed E-state index contributed by atoms with van der Waals surface area (Å²) in [4.78, 5) is 193. The number of rotatable bonds is 28. The summed E-state index contributed by atoms with van der Waals surface area (Å²) in [5.41, 5.74) is 38.4. The second kappa shape index (κ2) is 41.9. The van der Waals surface area contributed by atoms with Gasteiger partial charge in [-0.05, 0) is 63.2 Å². The first-order valence-corrected chi connectivity index (χ1v) is 32.5. The minimum atomic E-state index is -1.94. The zero-order valence-electron chi connectivity index (χ0n) is 52.4. The van der Waals surface area contributed by atoms with E-state index >= 15 is 0 Å². The smallest absolute Gasteiger partial charge is 0.326 e. The lowest BCUT2D eigenvalue weighted by atomic mass is 9.96. The van der Waals surface area contributed by atoms with E-state index in [0.29, 0.717) is 0 Å². The lowest BCUT2D eigenvalue weighted by Crippen LogP contribution is -2.62. The summed E-state index contributed by atoms with van der Waals surface area (Å²) in [5, 5.41) is 64.1. The maximum absolute atomic E-state index is 14.9. The fourth-order valence-corrected chi connectivity index (χ4v) is 11.4. The first kappa shape index (κ1) is 80.6. The molecule has 524 valence electrons. The molecule has 0 aliphatic carbocycles. The van der Waals surface area contributed by atoms with Gasteiger partial charge in [-0.3, -0.25) is 72.5 Å². The van der Waals surface area contributed by atoms with Crippen molar-refractivity contribution in [3.8, 4) is 0 Å². The third-order valence-electron chi connectivity index (χ3n) is 14.7. The number of hydrogen-bond acceptors (Lipinski definition) is 21. The first-order valence-electron chi connectivity index (χ1n) is 30.0. The number of carbonyl (C=O) groups is 13. The maximum Gasteiger partial charge on any atom is 0.326 e. The summed E-state index contributed by atoms with van der Waals surface area (Å²) < 4.78 is 0. The number of nitrogens with one attached hydrogen (secondary N) is 10. The van der Waals surface area contributed by atoms with E-state index in [1.807, 2.05) is 0 Å². The number of aliphatic hydroxyl groups excluding tert-OH is 2. The molecular formula is C53H93N21O17S2. The quantitative estimate of drug-likeness (QED) is 0.0150. The van der Waals surface area contributed by atoms with Crippen molar-refractivity contribution < 1.29 is 82.8 Å². The van der Waals surface area contributed by atoms with Crippen LogP contribution in [0, 0.1) is 11.8 Å². The van der Waals surface area contributed by atoms with Crippen LogP contribution in [0.5, 0.6) is 0 Å². The zero-order chi connectivity index (χ0) is 70.1. The van der Waals surface area contributed by atoms with E-state index in [2.05, 4.69) is 68.1 Å². The fraction of sp³-hybridized carbons (Fsp3) is 0.698. The Bertz CT molecular complexity index is 2680. The van der Waals surface area contributed by atoms with Crippen molar-refractivity contribution in [1.29, 1.82) is 0 Å². The third-order valence-corrected chi connectivity index (χ3v) is 17.2. The highest BCUT2D eigenvalue weighted by Crippen LogP contribution is 2.26. The minimum absolute atomic E-state index is 0.0104. The van der Waals surface area contributed by atoms with Gasteiger partial charge in [0.05, 0.1) is 26.2 Å². The molecule has 93 heavy (non-hydrogen) atoms. The Morgan fingerprint density at radius 2 is 1.13 bits per heavy atom. The van der Waals surface area contributed by atoms with E-state index in [1.54, 1.807) is 27.7 Å². The van der Waals surface area contributed by atoms with Gasteiger partial charge in [0.25, 0.3) is 0 Å². The average Bonchev–Trinajstić information content (AvgIpc) is 1.83. The number of nitrogens with two attached hydrogens (primary N) is 7. The van der Waals surface area contributed by atoms with Crippen LogP contribution in [0.15, 0.2) is 15.0 Å². The third kappa shape index (κ3) is 28.9. The van der Waals surface area contributed by atoms with E-state index in [0.717, 1.165) is 26.5 Å². The fourth-order valence-electron chi connectivity index (χ4n) is 9.12. The predicted octanol–water partition coefficient (Wildman–Crippen LogP) is -9.02. The Morgan fingerprint density at radius 1 is 0.624 bits per heavy atom. The number of aliphatic carboxylic acids is 2. The largest absolute Gasteiger partial charge is 0.481 e. The molecule has 0 aromatic rings. The van der Waals surface area contributed by atoms with Gasteiger partial charge in [0.15, 0.2) is 17.9 Å². The van der Waals surface area contributed by atoms with Crippen LogP contribution in [0.25, 0.3) is 0 Å². The molecule has 0 aromatic heterocycles. The summed E-state index contributed by atoms with van der Waals surface area (Å²) in [6.07, 6.45) is -0.816. The van der Waals surface area contributed by atoms with Crippen molar-refractivity contribution in [3.05, 3.63) is 0 Å². The van der Waals surface area contributed by atoms with Gasteiger partial charge in [0.2, 0.25) is 65.0 Å². The van der Waals surface area contributed by atoms with E-state index < -0.39 is 193 Å². The molecule has 11 amide bonds. The van der Waals surface area contributed by atoms with Crippen molar-refractivity contribution in [2.45, 2.75) is 165 Å². The molecule has 0 radical (unpaired) electrons. The summed E-state index contributed by atoms with van der Waals surface area (Å²) in [7, 11) is 1.65. The Hall–Kier alpha value is -8.50. The lowest BCUT2D eigenvalue weighted by molar-refractivity contribution is -0.145. The van der Waals surface area contributed by atoms with Gasteiger partial charge in [-0.15, -0.1) is 0 Å². The topological polar surface area (TPSA) is 646 Å². The van der Waals surface area contributed by atoms with Crippen LogP contribution in [-0.2, 0) is 62.3 Å². The van der Waals surface area contributed by atoms with Crippen LogP contribution in [0.3, 0.4) is 0 Å². The molecule has 13 atom stereocenters. The number of carboxylic acids is 2. The number of guanidine groups is 3. The molecule has 38 nitrogen and oxygen atoms in total. The Labute approximate surface area is 544 Å². The van der Waals surface area contributed by atoms with Gasteiger partial charge in [-0.25, -0.2) is 4.79 Å². The Balaban J connectivity index is 2.93. The molecule has 2 saturated heterocycles. The molecule has 0 bridgehead atoms. The van der Waals surface area contributed by atoms with Crippen LogP contribution in [-0.4, -0.2) is 244 Å². The lowest BCUT2D eigenvalue weighted by Gasteiger charge is -2.32. The zero-order valence-corrected chi connectivity index (χ0v) is 54.0. The normalized spacial score (nSPS) is 23.3. The van der Waals surface area contributed by atoms with Gasteiger partial charge >= 0.3 is 11.9 Å². The van der Waals surface area contributed by atoms with E-state index in [9.17, 15) is 82.8 Å². The van der Waals surface area contributed by atoms with Crippen molar-refractivity contribution in [2.24, 2.45) is 66.9 Å². The number of hydrogen-bond donors (Lipinski definition) is 21. The SMILES string of the molecule is CC[C@H](C)C1NC(=O)[C@H](CCCN=C(N)N)NC(=O)C(CC(=O)O)NC(=O)[C@H]([C@@H](C)CC)NC(=O)[C@H](CCCN=C(N)N)NC(=O)CNC(=O)[C@@H](NC(=O)[C@H](CO)NC(=O)[C@@H](N)CO)CSSC[C@@H](C(=O)N2CCC[C@H]2C(=O)N[C@@H](CCCN=C(N)N)C(=O)O)NC1=O. The number of carboxylic acid groups (broad SMARTS) is 2. The molecule has 2 aliphatic rings. The van der Waals surface area contributed by atoms with E-state index in [4.69, 9.17) is 40.1 Å². The van der Waals surface area contributed by atoms with Crippen LogP contribution in [0.2, 0.25) is 0 Å². The number of aliphatic hydroxyl groups is 2. The molecule has 2 unspecified atom stereocenters. The van der Waals surface area contributed by atoms with Gasteiger partial charge in [-0.1, -0.05) is 62.1 Å². The van der Waals surface area contributed by atoms with Crippen LogP contribution in [0.4, 0.5) is 0 Å². The number of aliphatic imine (C=N–C) groups is 3. The van der Waals surface area contributed by atoms with E-state index in [-0.39, 0.29) is 108 Å². The highest BCUT2D eigenvalue weighted by Gasteiger charge is 2.42. The molecule has 0 spiro atoms. The number of nitrogens with zero attached hydrogens (tertiary/aromatic N) is 4. The number of likely N-dealkylation sites (tertiary alicyclic amines) is 1. The minimum Gasteiger partial charge on any atom is -0.481 e.